The van der Waals surface area contributed by atoms with Crippen molar-refractivity contribution in [3.63, 3.8) is 0 Å². The van der Waals surface area contributed by atoms with Crippen molar-refractivity contribution in [2.45, 2.75) is 24.4 Å². The minimum atomic E-state index is -0.0821. The molecule has 0 spiro atoms. The first kappa shape index (κ1) is 21.4. The molecule has 33 heavy (non-hydrogen) atoms. The maximum atomic E-state index is 12.6. The molecule has 0 saturated carbocycles. The third-order valence-electron chi connectivity index (χ3n) is 5.29. The van der Waals surface area contributed by atoms with E-state index in [4.69, 9.17) is 11.6 Å². The summed E-state index contributed by atoms with van der Waals surface area (Å²) in [6.45, 7) is 2.52. The van der Waals surface area contributed by atoms with Gasteiger partial charge in [0.25, 0.3) is 5.56 Å². The van der Waals surface area contributed by atoms with Crippen LogP contribution >= 0.6 is 23.4 Å². The van der Waals surface area contributed by atoms with E-state index in [0.717, 1.165) is 27.8 Å². The second-order valence-electron chi connectivity index (χ2n) is 7.62. The predicted octanol–water partition coefficient (Wildman–Crippen LogP) is 5.26. The van der Waals surface area contributed by atoms with Crippen LogP contribution in [0.5, 0.6) is 0 Å². The number of rotatable bonds is 6. The van der Waals surface area contributed by atoms with Gasteiger partial charge in [0.2, 0.25) is 0 Å². The normalized spacial score (nSPS) is 11.2. The summed E-state index contributed by atoms with van der Waals surface area (Å²) in [6.07, 6.45) is 0. The van der Waals surface area contributed by atoms with Crippen LogP contribution in [0.3, 0.4) is 0 Å². The Morgan fingerprint density at radius 2 is 1.73 bits per heavy atom. The van der Waals surface area contributed by atoms with Crippen molar-refractivity contribution in [3.8, 4) is 11.4 Å². The summed E-state index contributed by atoms with van der Waals surface area (Å²) < 4.78 is 3.70. The maximum Gasteiger partial charge on any atom is 0.258 e. The highest BCUT2D eigenvalue weighted by atomic mass is 35.5. The fraction of sp³-hybridized carbons (Fsp3) is 0.120. The average molecular weight is 474 g/mol. The highest BCUT2D eigenvalue weighted by Crippen LogP contribution is 2.28. The third kappa shape index (κ3) is 4.55. The Morgan fingerprint density at radius 1 is 0.939 bits per heavy atom. The SMILES string of the molecule is Cc1cccc2nc(CSc3nnc(-c4ccc(Cl)cc4)n3Cc3ccccc3)cc(=O)n12. The number of hydrogen-bond acceptors (Lipinski definition) is 5. The van der Waals surface area contributed by atoms with E-state index in [2.05, 4.69) is 31.9 Å². The molecule has 2 aromatic carbocycles. The standard InChI is InChI=1S/C25H20ClN5OS/c1-17-6-5-9-22-27-21(14-23(32)31(17)22)16-33-25-29-28-24(19-10-12-20(26)13-11-19)30(25)15-18-7-3-2-4-8-18/h2-14H,15-16H2,1H3. The van der Waals surface area contributed by atoms with Crippen molar-refractivity contribution in [2.24, 2.45) is 0 Å². The lowest BCUT2D eigenvalue weighted by atomic mass is 10.2. The van der Waals surface area contributed by atoms with E-state index in [1.165, 1.54) is 11.8 Å². The predicted molar refractivity (Wildman–Crippen MR) is 132 cm³/mol. The second-order valence-corrected chi connectivity index (χ2v) is 9.00. The lowest BCUT2D eigenvalue weighted by Gasteiger charge is -2.11. The average Bonchev–Trinajstić information content (AvgIpc) is 3.21. The molecule has 0 unspecified atom stereocenters. The number of thioether (sulfide) groups is 1. The molecule has 0 aliphatic carbocycles. The number of nitrogens with zero attached hydrogens (tertiary/aromatic N) is 5. The van der Waals surface area contributed by atoms with Gasteiger partial charge < -0.3 is 0 Å². The summed E-state index contributed by atoms with van der Waals surface area (Å²) in [5.74, 6) is 1.27. The highest BCUT2D eigenvalue weighted by Gasteiger charge is 2.16. The molecule has 0 radical (unpaired) electrons. The molecule has 0 aliphatic rings. The van der Waals surface area contributed by atoms with Gasteiger partial charge in [-0.15, -0.1) is 10.2 Å². The molecule has 6 nitrogen and oxygen atoms in total. The van der Waals surface area contributed by atoms with E-state index in [1.807, 2.05) is 67.6 Å². The smallest absolute Gasteiger partial charge is 0.258 e. The van der Waals surface area contributed by atoms with E-state index in [1.54, 1.807) is 10.5 Å². The van der Waals surface area contributed by atoms with Crippen LogP contribution in [0.2, 0.25) is 5.02 Å². The summed E-state index contributed by atoms with van der Waals surface area (Å²) in [6, 6.07) is 25.0. The fourth-order valence-electron chi connectivity index (χ4n) is 3.69. The zero-order chi connectivity index (χ0) is 22.8. The van der Waals surface area contributed by atoms with Crippen molar-refractivity contribution < 1.29 is 0 Å². The second kappa shape index (κ2) is 9.21. The van der Waals surface area contributed by atoms with Gasteiger partial charge in [0.1, 0.15) is 5.65 Å². The van der Waals surface area contributed by atoms with Crippen molar-refractivity contribution in [1.29, 1.82) is 0 Å². The molecule has 0 atom stereocenters. The minimum Gasteiger partial charge on any atom is -0.298 e. The van der Waals surface area contributed by atoms with Gasteiger partial charge >= 0.3 is 0 Å². The molecular formula is C25H20ClN5OS. The molecule has 5 rings (SSSR count). The van der Waals surface area contributed by atoms with Crippen LogP contribution in [-0.2, 0) is 12.3 Å². The summed E-state index contributed by atoms with van der Waals surface area (Å²) in [5, 5.41) is 10.4. The first-order chi connectivity index (χ1) is 16.1. The fourth-order valence-corrected chi connectivity index (χ4v) is 4.65. The van der Waals surface area contributed by atoms with Crippen LogP contribution in [0.15, 0.2) is 88.8 Å². The number of aromatic nitrogens is 5. The topological polar surface area (TPSA) is 65.1 Å². The monoisotopic (exact) mass is 473 g/mol. The third-order valence-corrected chi connectivity index (χ3v) is 6.54. The Balaban J connectivity index is 1.48. The van der Waals surface area contributed by atoms with Crippen LogP contribution in [0.25, 0.3) is 17.0 Å². The zero-order valence-corrected chi connectivity index (χ0v) is 19.4. The largest absolute Gasteiger partial charge is 0.298 e. The summed E-state index contributed by atoms with van der Waals surface area (Å²) in [5.41, 5.74) is 4.21. The molecule has 3 heterocycles. The van der Waals surface area contributed by atoms with Gasteiger partial charge in [-0.1, -0.05) is 59.8 Å². The van der Waals surface area contributed by atoms with Crippen LogP contribution < -0.4 is 5.56 Å². The Bertz CT molecular complexity index is 1480. The molecular weight excluding hydrogens is 454 g/mol. The van der Waals surface area contributed by atoms with Crippen LogP contribution in [0, 0.1) is 6.92 Å². The number of benzene rings is 2. The summed E-state index contributed by atoms with van der Waals surface area (Å²) in [4.78, 5) is 17.3. The molecule has 3 aromatic heterocycles. The zero-order valence-electron chi connectivity index (χ0n) is 17.9. The van der Waals surface area contributed by atoms with E-state index in [9.17, 15) is 4.79 Å². The number of pyridine rings is 1. The lowest BCUT2D eigenvalue weighted by Crippen LogP contribution is -2.17. The number of halogens is 1. The Hall–Kier alpha value is -3.42. The molecule has 5 aromatic rings. The van der Waals surface area contributed by atoms with Gasteiger partial charge in [0.15, 0.2) is 11.0 Å². The van der Waals surface area contributed by atoms with Crippen molar-refractivity contribution in [1.82, 2.24) is 24.1 Å². The van der Waals surface area contributed by atoms with Crippen LogP contribution in [0.4, 0.5) is 0 Å². The number of aryl methyl sites for hydroxylation is 1. The van der Waals surface area contributed by atoms with Gasteiger partial charge in [-0.05, 0) is 48.9 Å². The Morgan fingerprint density at radius 3 is 2.52 bits per heavy atom. The van der Waals surface area contributed by atoms with Gasteiger partial charge in [-0.3, -0.25) is 13.8 Å². The molecule has 0 saturated heterocycles. The van der Waals surface area contributed by atoms with E-state index >= 15 is 0 Å². The lowest BCUT2D eigenvalue weighted by molar-refractivity contribution is 0.714. The molecule has 8 heteroatoms. The number of hydrogen-bond donors (Lipinski definition) is 0. The van der Waals surface area contributed by atoms with Crippen LogP contribution in [0.1, 0.15) is 17.0 Å². The number of fused-ring (bicyclic) bond motifs is 1. The summed E-state index contributed by atoms with van der Waals surface area (Å²) >= 11 is 7.59. The van der Waals surface area contributed by atoms with Gasteiger partial charge in [0, 0.05) is 28.1 Å². The first-order valence-electron chi connectivity index (χ1n) is 10.4. The maximum absolute atomic E-state index is 12.6. The Labute approximate surface area is 199 Å². The Kier molecular flexibility index (Phi) is 5.98. The van der Waals surface area contributed by atoms with Gasteiger partial charge in [-0.2, -0.15) is 0 Å². The molecule has 164 valence electrons. The van der Waals surface area contributed by atoms with Crippen molar-refractivity contribution in [3.05, 3.63) is 111 Å². The highest BCUT2D eigenvalue weighted by molar-refractivity contribution is 7.98. The summed E-state index contributed by atoms with van der Waals surface area (Å²) in [7, 11) is 0. The van der Waals surface area contributed by atoms with E-state index in [0.29, 0.717) is 28.7 Å². The molecule has 0 N–H and O–H groups in total. The van der Waals surface area contributed by atoms with Crippen molar-refractivity contribution >= 4 is 29.0 Å². The minimum absolute atomic E-state index is 0.0821. The van der Waals surface area contributed by atoms with Gasteiger partial charge in [-0.25, -0.2) is 4.98 Å². The van der Waals surface area contributed by atoms with E-state index in [-0.39, 0.29) is 5.56 Å². The molecule has 0 fully saturated rings. The van der Waals surface area contributed by atoms with E-state index < -0.39 is 0 Å². The molecule has 0 amide bonds. The van der Waals surface area contributed by atoms with Gasteiger partial charge in [0.05, 0.1) is 12.2 Å². The van der Waals surface area contributed by atoms with Crippen molar-refractivity contribution in [2.75, 3.05) is 0 Å². The molecule has 0 bridgehead atoms. The quantitative estimate of drug-likeness (QED) is 0.315. The van der Waals surface area contributed by atoms with Crippen LogP contribution in [-0.4, -0.2) is 24.1 Å². The first-order valence-corrected chi connectivity index (χ1v) is 11.8. The molecule has 0 aliphatic heterocycles.